The molecule has 144 valence electrons. The van der Waals surface area contributed by atoms with Gasteiger partial charge in [0, 0.05) is 5.75 Å². The van der Waals surface area contributed by atoms with Crippen LogP contribution in [-0.4, -0.2) is 99.0 Å². The van der Waals surface area contributed by atoms with Crippen LogP contribution in [0, 0.1) is 0 Å². The Balaban J connectivity index is 4.86. The molecule has 0 rings (SSSR count). The molecule has 0 heterocycles. The summed E-state index contributed by atoms with van der Waals surface area (Å²) in [5, 5.41) is 50.6. The number of carboxylic acids is 1. The van der Waals surface area contributed by atoms with Crippen molar-refractivity contribution in [1.29, 1.82) is 0 Å². The second kappa shape index (κ2) is 11.6. The van der Waals surface area contributed by atoms with Crippen LogP contribution in [0.2, 0.25) is 0 Å². The molecule has 0 saturated heterocycles. The van der Waals surface area contributed by atoms with Crippen molar-refractivity contribution in [1.82, 2.24) is 16.0 Å². The molecule has 8 N–H and O–H groups in total. The van der Waals surface area contributed by atoms with Crippen molar-refractivity contribution in [3.05, 3.63) is 0 Å². The van der Waals surface area contributed by atoms with Gasteiger partial charge in [-0.2, -0.15) is 12.6 Å². The minimum atomic E-state index is -1.76. The first-order chi connectivity index (χ1) is 11.7. The molecule has 0 aromatic rings. The van der Waals surface area contributed by atoms with Crippen molar-refractivity contribution in [2.75, 3.05) is 25.6 Å². The maximum atomic E-state index is 12.0. The zero-order chi connectivity index (χ0) is 19.6. The Morgan fingerprint density at radius 2 is 1.20 bits per heavy atom. The van der Waals surface area contributed by atoms with Crippen molar-refractivity contribution < 1.29 is 44.7 Å². The van der Waals surface area contributed by atoms with Gasteiger partial charge in [-0.1, -0.05) is 0 Å². The molecule has 0 bridgehead atoms. The highest BCUT2D eigenvalue weighted by Gasteiger charge is 2.29. The molecule has 4 unspecified atom stereocenters. The van der Waals surface area contributed by atoms with E-state index in [1.165, 1.54) is 0 Å². The van der Waals surface area contributed by atoms with E-state index in [1.807, 2.05) is 5.32 Å². The lowest BCUT2D eigenvalue weighted by molar-refractivity contribution is -0.143. The van der Waals surface area contributed by atoms with Gasteiger partial charge in [-0.25, -0.2) is 4.79 Å². The van der Waals surface area contributed by atoms with E-state index in [2.05, 4.69) is 23.3 Å². The summed E-state index contributed by atoms with van der Waals surface area (Å²) in [5.41, 5.74) is 0. The first-order valence-electron chi connectivity index (χ1n) is 6.97. The Morgan fingerprint density at radius 3 is 1.60 bits per heavy atom. The highest BCUT2D eigenvalue weighted by Crippen LogP contribution is 1.95. The number of hydrogen-bond acceptors (Lipinski definition) is 9. The molecule has 0 saturated carbocycles. The van der Waals surface area contributed by atoms with Crippen LogP contribution in [0.1, 0.15) is 0 Å². The monoisotopic (exact) mass is 383 g/mol. The molecule has 0 spiro atoms. The van der Waals surface area contributed by atoms with Gasteiger partial charge in [0.15, 0.2) is 6.10 Å². The standard InChI is InChI=1S/C12H21N3O9S/c16-1-5(9(20)14-6(2-17)12(23)24)13-10(21)7(4-25)15-11(22)8(19)3-18/h5-8,16-19,25H,1-4H2,(H,13,21)(H,14,20)(H,15,22)(H,23,24). The fourth-order valence-corrected chi connectivity index (χ4v) is 1.73. The van der Waals surface area contributed by atoms with Crippen molar-refractivity contribution >= 4 is 36.3 Å². The van der Waals surface area contributed by atoms with Crippen molar-refractivity contribution in [2.24, 2.45) is 0 Å². The first-order valence-corrected chi connectivity index (χ1v) is 7.60. The summed E-state index contributed by atoms with van der Waals surface area (Å²) in [4.78, 5) is 46.0. The van der Waals surface area contributed by atoms with E-state index >= 15 is 0 Å². The lowest BCUT2D eigenvalue weighted by Gasteiger charge is -2.22. The first kappa shape index (κ1) is 23.1. The van der Waals surface area contributed by atoms with Crippen molar-refractivity contribution in [2.45, 2.75) is 24.2 Å². The Labute approximate surface area is 147 Å². The summed E-state index contributed by atoms with van der Waals surface area (Å²) in [6.07, 6.45) is -1.76. The Hall–Kier alpha value is -1.93. The lowest BCUT2D eigenvalue weighted by Crippen LogP contribution is -2.58. The molecular weight excluding hydrogens is 362 g/mol. The minimum absolute atomic E-state index is 0.232. The second-order valence-corrected chi connectivity index (χ2v) is 5.13. The third-order valence-electron chi connectivity index (χ3n) is 2.90. The smallest absolute Gasteiger partial charge is 0.328 e. The number of aliphatic hydroxyl groups excluding tert-OH is 4. The highest BCUT2D eigenvalue weighted by atomic mass is 32.1. The molecule has 0 aliphatic carbocycles. The predicted octanol–water partition coefficient (Wildman–Crippen LogP) is -5.21. The number of amides is 3. The average molecular weight is 383 g/mol. The lowest BCUT2D eigenvalue weighted by atomic mass is 10.2. The van der Waals surface area contributed by atoms with Crippen LogP contribution in [0.3, 0.4) is 0 Å². The molecule has 25 heavy (non-hydrogen) atoms. The summed E-state index contributed by atoms with van der Waals surface area (Å²) in [5.74, 6) is -4.81. The molecule has 0 radical (unpaired) electrons. The number of rotatable bonds is 11. The van der Waals surface area contributed by atoms with Gasteiger partial charge in [-0.3, -0.25) is 14.4 Å². The molecule has 3 amide bonds. The predicted molar refractivity (Wildman–Crippen MR) is 84.5 cm³/mol. The van der Waals surface area contributed by atoms with Gasteiger partial charge in [-0.15, -0.1) is 0 Å². The van der Waals surface area contributed by atoms with Crippen LogP contribution in [0.25, 0.3) is 0 Å². The number of hydrogen-bond donors (Lipinski definition) is 9. The summed E-state index contributed by atoms with van der Waals surface area (Å²) in [7, 11) is 0. The Kier molecular flexibility index (Phi) is 10.7. The van der Waals surface area contributed by atoms with Gasteiger partial charge in [0.05, 0.1) is 19.8 Å². The molecule has 0 aromatic carbocycles. The largest absolute Gasteiger partial charge is 0.480 e. The molecule has 4 atom stereocenters. The van der Waals surface area contributed by atoms with Gasteiger partial charge in [0.2, 0.25) is 11.8 Å². The van der Waals surface area contributed by atoms with Crippen LogP contribution >= 0.6 is 12.6 Å². The fraction of sp³-hybridized carbons (Fsp3) is 0.667. The van der Waals surface area contributed by atoms with E-state index < -0.39 is 67.7 Å². The topological polar surface area (TPSA) is 206 Å². The van der Waals surface area contributed by atoms with E-state index in [9.17, 15) is 19.2 Å². The SMILES string of the molecule is O=C(NC(CS)C(=O)NC(CO)C(=O)NC(CO)C(=O)O)C(O)CO. The van der Waals surface area contributed by atoms with E-state index in [-0.39, 0.29) is 5.75 Å². The Bertz CT molecular complexity index is 490. The number of nitrogens with one attached hydrogen (secondary N) is 3. The van der Waals surface area contributed by atoms with E-state index in [4.69, 9.17) is 25.5 Å². The Morgan fingerprint density at radius 1 is 0.760 bits per heavy atom. The van der Waals surface area contributed by atoms with E-state index in [1.54, 1.807) is 0 Å². The highest BCUT2D eigenvalue weighted by molar-refractivity contribution is 7.80. The maximum absolute atomic E-state index is 12.0. The summed E-state index contributed by atoms with van der Waals surface area (Å²) in [6, 6.07) is -4.48. The third kappa shape index (κ3) is 7.66. The van der Waals surface area contributed by atoms with Crippen molar-refractivity contribution in [3.8, 4) is 0 Å². The third-order valence-corrected chi connectivity index (χ3v) is 3.27. The molecule has 0 aromatic heterocycles. The number of carbonyl (C=O) groups is 4. The van der Waals surface area contributed by atoms with Crippen LogP contribution in [0.15, 0.2) is 0 Å². The summed E-state index contributed by atoms with van der Waals surface area (Å²) < 4.78 is 0. The molecular formula is C12H21N3O9S. The zero-order valence-corrected chi connectivity index (χ0v) is 13.8. The molecule has 13 heteroatoms. The van der Waals surface area contributed by atoms with Crippen LogP contribution < -0.4 is 16.0 Å². The van der Waals surface area contributed by atoms with Crippen LogP contribution in [0.4, 0.5) is 0 Å². The number of aliphatic carboxylic acids is 1. The normalized spacial score (nSPS) is 15.4. The fourth-order valence-electron chi connectivity index (χ4n) is 1.47. The van der Waals surface area contributed by atoms with E-state index in [0.29, 0.717) is 0 Å². The summed E-state index contributed by atoms with van der Waals surface area (Å²) >= 11 is 3.83. The molecule has 0 aliphatic rings. The molecule has 0 fully saturated rings. The van der Waals surface area contributed by atoms with Crippen LogP contribution in [-0.2, 0) is 19.2 Å². The van der Waals surface area contributed by atoms with Crippen molar-refractivity contribution in [3.63, 3.8) is 0 Å². The van der Waals surface area contributed by atoms with E-state index in [0.717, 1.165) is 0 Å². The molecule has 12 nitrogen and oxygen atoms in total. The van der Waals surface area contributed by atoms with Crippen LogP contribution in [0.5, 0.6) is 0 Å². The van der Waals surface area contributed by atoms with Gasteiger partial charge < -0.3 is 41.5 Å². The number of aliphatic hydroxyl groups is 4. The second-order valence-electron chi connectivity index (χ2n) is 4.77. The number of carboxylic acid groups (broad SMARTS) is 1. The van der Waals surface area contributed by atoms with Gasteiger partial charge in [0.1, 0.15) is 18.1 Å². The number of carbonyl (C=O) groups excluding carboxylic acids is 3. The van der Waals surface area contributed by atoms with Gasteiger partial charge >= 0.3 is 5.97 Å². The van der Waals surface area contributed by atoms with Gasteiger partial charge in [0.25, 0.3) is 5.91 Å². The van der Waals surface area contributed by atoms with Gasteiger partial charge in [-0.05, 0) is 0 Å². The maximum Gasteiger partial charge on any atom is 0.328 e. The number of thiol groups is 1. The molecule has 0 aliphatic heterocycles. The zero-order valence-electron chi connectivity index (χ0n) is 13.0. The minimum Gasteiger partial charge on any atom is -0.480 e. The average Bonchev–Trinajstić information content (AvgIpc) is 2.59. The quantitative estimate of drug-likeness (QED) is 0.156. The summed E-state index contributed by atoms with van der Waals surface area (Å²) in [6.45, 7) is -2.66.